The van der Waals surface area contributed by atoms with Gasteiger partial charge < -0.3 is 19.7 Å². The van der Waals surface area contributed by atoms with Gasteiger partial charge in [-0.1, -0.05) is 12.1 Å². The number of nitrogens with one attached hydrogen (secondary N) is 1. The molecular formula is C18H30IN3O2. The summed E-state index contributed by atoms with van der Waals surface area (Å²) in [6.45, 7) is 9.17. The molecule has 5 nitrogen and oxygen atoms in total. The van der Waals surface area contributed by atoms with Crippen molar-refractivity contribution >= 4 is 29.9 Å². The molecule has 1 aliphatic heterocycles. The minimum atomic E-state index is 0. The van der Waals surface area contributed by atoms with Crippen LogP contribution in [0, 0.1) is 12.8 Å². The molecule has 0 aliphatic carbocycles. The van der Waals surface area contributed by atoms with E-state index in [0.717, 1.165) is 44.4 Å². The Hall–Kier alpha value is -1.02. The number of likely N-dealkylation sites (tertiary alicyclic amines) is 1. The Bertz CT molecular complexity index is 511. The largest absolute Gasteiger partial charge is 0.492 e. The lowest BCUT2D eigenvalue weighted by Gasteiger charge is -2.21. The van der Waals surface area contributed by atoms with Crippen LogP contribution in [0.2, 0.25) is 0 Å². The summed E-state index contributed by atoms with van der Waals surface area (Å²) >= 11 is 0. The highest BCUT2D eigenvalue weighted by atomic mass is 127. The number of ether oxygens (including phenoxy) is 2. The third kappa shape index (κ3) is 6.84. The highest BCUT2D eigenvalue weighted by molar-refractivity contribution is 14.0. The quantitative estimate of drug-likeness (QED) is 0.302. The molecule has 0 amide bonds. The third-order valence-corrected chi connectivity index (χ3v) is 3.93. The maximum absolute atomic E-state index is 5.76. The number of guanidine groups is 1. The van der Waals surface area contributed by atoms with Crippen molar-refractivity contribution in [2.75, 3.05) is 46.5 Å². The Morgan fingerprint density at radius 1 is 1.42 bits per heavy atom. The molecule has 0 bridgehead atoms. The zero-order chi connectivity index (χ0) is 16.5. The normalized spacial score (nSPS) is 17.5. The summed E-state index contributed by atoms with van der Waals surface area (Å²) in [6, 6.07) is 8.11. The van der Waals surface area contributed by atoms with Gasteiger partial charge in [-0.3, -0.25) is 0 Å². The lowest BCUT2D eigenvalue weighted by Crippen LogP contribution is -2.40. The van der Waals surface area contributed by atoms with E-state index < -0.39 is 0 Å². The molecule has 136 valence electrons. The smallest absolute Gasteiger partial charge is 0.194 e. The highest BCUT2D eigenvalue weighted by Crippen LogP contribution is 2.16. The minimum absolute atomic E-state index is 0. The van der Waals surface area contributed by atoms with Crippen molar-refractivity contribution < 1.29 is 9.47 Å². The maximum Gasteiger partial charge on any atom is 0.194 e. The van der Waals surface area contributed by atoms with E-state index in [1.54, 1.807) is 7.11 Å². The fraction of sp³-hybridized carbons (Fsp3) is 0.611. The summed E-state index contributed by atoms with van der Waals surface area (Å²) in [5.74, 6) is 2.50. The average Bonchev–Trinajstić information content (AvgIpc) is 2.99. The minimum Gasteiger partial charge on any atom is -0.492 e. The number of rotatable bonds is 7. The molecule has 24 heavy (non-hydrogen) atoms. The molecule has 1 saturated heterocycles. The first kappa shape index (κ1) is 21.0. The SMILES string of the molecule is CCNC(=NCCOc1cccc(C)c1)N1CCC(COC)C1.I. The molecule has 1 aliphatic rings. The number of hydrogen-bond acceptors (Lipinski definition) is 3. The topological polar surface area (TPSA) is 46.1 Å². The summed E-state index contributed by atoms with van der Waals surface area (Å²) in [7, 11) is 1.77. The number of benzene rings is 1. The molecule has 1 atom stereocenters. The van der Waals surface area contributed by atoms with E-state index in [0.29, 0.717) is 19.1 Å². The molecule has 1 N–H and O–H groups in total. The number of hydrogen-bond donors (Lipinski definition) is 1. The fourth-order valence-electron chi connectivity index (χ4n) is 2.84. The Morgan fingerprint density at radius 2 is 2.25 bits per heavy atom. The van der Waals surface area contributed by atoms with E-state index in [9.17, 15) is 0 Å². The van der Waals surface area contributed by atoms with Gasteiger partial charge in [0.05, 0.1) is 13.2 Å². The lowest BCUT2D eigenvalue weighted by molar-refractivity contribution is 0.157. The van der Waals surface area contributed by atoms with E-state index in [4.69, 9.17) is 14.5 Å². The van der Waals surface area contributed by atoms with Crippen LogP contribution in [0.5, 0.6) is 5.75 Å². The van der Waals surface area contributed by atoms with Crippen LogP contribution < -0.4 is 10.1 Å². The van der Waals surface area contributed by atoms with Crippen LogP contribution in [-0.4, -0.2) is 57.4 Å². The summed E-state index contributed by atoms with van der Waals surface area (Å²) in [6.07, 6.45) is 1.16. The number of nitrogens with zero attached hydrogens (tertiary/aromatic N) is 2. The molecule has 6 heteroatoms. The Kier molecular flexibility index (Phi) is 10.1. The molecule has 0 saturated carbocycles. The molecule has 0 radical (unpaired) electrons. The first-order chi connectivity index (χ1) is 11.2. The van der Waals surface area contributed by atoms with Gasteiger partial charge in [-0.15, -0.1) is 24.0 Å². The molecule has 0 spiro atoms. The van der Waals surface area contributed by atoms with Crippen molar-refractivity contribution in [3.8, 4) is 5.75 Å². The van der Waals surface area contributed by atoms with E-state index in [1.165, 1.54) is 5.56 Å². The molecule has 0 aromatic heterocycles. The molecule has 1 heterocycles. The number of methoxy groups -OCH3 is 1. The molecule has 1 unspecified atom stereocenters. The van der Waals surface area contributed by atoms with Gasteiger partial charge in [0.1, 0.15) is 12.4 Å². The number of aryl methyl sites for hydroxylation is 1. The standard InChI is InChI=1S/C18H29N3O2.HI/c1-4-19-18(21-10-8-16(13-21)14-22-3)20-9-11-23-17-7-5-6-15(2)12-17;/h5-7,12,16H,4,8-11,13-14H2,1-3H3,(H,19,20);1H. The first-order valence-corrected chi connectivity index (χ1v) is 8.44. The van der Waals surface area contributed by atoms with Gasteiger partial charge in [0.2, 0.25) is 0 Å². The summed E-state index contributed by atoms with van der Waals surface area (Å²) < 4.78 is 11.0. The second-order valence-corrected chi connectivity index (χ2v) is 5.96. The van der Waals surface area contributed by atoms with Gasteiger partial charge >= 0.3 is 0 Å². The molecular weight excluding hydrogens is 417 g/mol. The van der Waals surface area contributed by atoms with Crippen molar-refractivity contribution in [1.82, 2.24) is 10.2 Å². The fourth-order valence-corrected chi connectivity index (χ4v) is 2.84. The van der Waals surface area contributed by atoms with Crippen molar-refractivity contribution in [1.29, 1.82) is 0 Å². The Labute approximate surface area is 162 Å². The monoisotopic (exact) mass is 447 g/mol. The Balaban J connectivity index is 0.00000288. The predicted molar refractivity (Wildman–Crippen MR) is 110 cm³/mol. The zero-order valence-corrected chi connectivity index (χ0v) is 17.3. The summed E-state index contributed by atoms with van der Waals surface area (Å²) in [5.41, 5.74) is 1.21. The molecule has 2 rings (SSSR count). The van der Waals surface area contributed by atoms with Gasteiger partial charge in [-0.05, 0) is 38.0 Å². The maximum atomic E-state index is 5.76. The van der Waals surface area contributed by atoms with E-state index in [-0.39, 0.29) is 24.0 Å². The second kappa shape index (κ2) is 11.5. The summed E-state index contributed by atoms with van der Waals surface area (Å²) in [5, 5.41) is 3.37. The van der Waals surface area contributed by atoms with Crippen LogP contribution in [0.3, 0.4) is 0 Å². The second-order valence-electron chi connectivity index (χ2n) is 5.96. The van der Waals surface area contributed by atoms with Gasteiger partial charge in [-0.2, -0.15) is 0 Å². The molecule has 1 aromatic carbocycles. The summed E-state index contributed by atoms with van der Waals surface area (Å²) in [4.78, 5) is 7.01. The van der Waals surface area contributed by atoms with Crippen molar-refractivity contribution in [2.24, 2.45) is 10.9 Å². The number of halogens is 1. The zero-order valence-electron chi connectivity index (χ0n) is 15.0. The van der Waals surface area contributed by atoms with Crippen molar-refractivity contribution in [3.63, 3.8) is 0 Å². The van der Waals surface area contributed by atoms with Crippen molar-refractivity contribution in [3.05, 3.63) is 29.8 Å². The van der Waals surface area contributed by atoms with E-state index in [2.05, 4.69) is 30.1 Å². The number of aliphatic imine (C=N–C) groups is 1. The van der Waals surface area contributed by atoms with Crippen LogP contribution >= 0.6 is 24.0 Å². The Morgan fingerprint density at radius 3 is 2.96 bits per heavy atom. The van der Waals surface area contributed by atoms with Crippen LogP contribution in [0.25, 0.3) is 0 Å². The van der Waals surface area contributed by atoms with Gasteiger partial charge in [0.25, 0.3) is 0 Å². The average molecular weight is 447 g/mol. The molecule has 1 aromatic rings. The first-order valence-electron chi connectivity index (χ1n) is 8.44. The van der Waals surface area contributed by atoms with Gasteiger partial charge in [0, 0.05) is 32.7 Å². The highest BCUT2D eigenvalue weighted by Gasteiger charge is 2.24. The predicted octanol–water partition coefficient (Wildman–Crippen LogP) is 2.93. The van der Waals surface area contributed by atoms with Crippen LogP contribution in [0.4, 0.5) is 0 Å². The van der Waals surface area contributed by atoms with E-state index in [1.807, 2.05) is 18.2 Å². The lowest BCUT2D eigenvalue weighted by atomic mass is 10.1. The van der Waals surface area contributed by atoms with Crippen LogP contribution in [-0.2, 0) is 4.74 Å². The third-order valence-electron chi connectivity index (χ3n) is 3.93. The van der Waals surface area contributed by atoms with Gasteiger partial charge in [-0.25, -0.2) is 4.99 Å². The van der Waals surface area contributed by atoms with Crippen LogP contribution in [0.15, 0.2) is 29.3 Å². The van der Waals surface area contributed by atoms with Crippen LogP contribution in [0.1, 0.15) is 18.9 Å². The van der Waals surface area contributed by atoms with Crippen molar-refractivity contribution in [2.45, 2.75) is 20.3 Å². The van der Waals surface area contributed by atoms with Gasteiger partial charge in [0.15, 0.2) is 5.96 Å². The molecule has 1 fully saturated rings. The van der Waals surface area contributed by atoms with E-state index >= 15 is 0 Å².